The Labute approximate surface area is 149 Å². The van der Waals surface area contributed by atoms with Crippen LogP contribution in [0.1, 0.15) is 31.2 Å². The first-order valence-corrected chi connectivity index (χ1v) is 8.84. The quantitative estimate of drug-likeness (QED) is 0.729. The molecule has 138 valence electrons. The number of nitrogens with zero attached hydrogens (tertiary/aromatic N) is 1. The second kappa shape index (κ2) is 10.0. The number of para-hydroxylation sites is 1. The minimum Gasteiger partial charge on any atom is -0.493 e. The van der Waals surface area contributed by atoms with Crippen molar-refractivity contribution in [2.24, 2.45) is 0 Å². The first-order valence-electron chi connectivity index (χ1n) is 8.84. The third-order valence-electron chi connectivity index (χ3n) is 4.37. The fourth-order valence-corrected chi connectivity index (χ4v) is 2.96. The van der Waals surface area contributed by atoms with E-state index in [2.05, 4.69) is 5.32 Å². The van der Waals surface area contributed by atoms with E-state index in [4.69, 9.17) is 9.47 Å². The molecule has 0 unspecified atom stereocenters. The lowest BCUT2D eigenvalue weighted by Crippen LogP contribution is -2.47. The maximum Gasteiger partial charge on any atom is 0.246 e. The Morgan fingerprint density at radius 1 is 1.24 bits per heavy atom. The van der Waals surface area contributed by atoms with Gasteiger partial charge in [-0.15, -0.1) is 0 Å². The molecule has 2 amide bonds. The van der Waals surface area contributed by atoms with Crippen LogP contribution < -0.4 is 10.1 Å². The Morgan fingerprint density at radius 3 is 2.64 bits per heavy atom. The first-order chi connectivity index (χ1) is 12.1. The highest BCUT2D eigenvalue weighted by Gasteiger charge is 2.23. The van der Waals surface area contributed by atoms with Crippen molar-refractivity contribution in [1.29, 1.82) is 0 Å². The molecule has 1 N–H and O–H groups in total. The van der Waals surface area contributed by atoms with E-state index in [-0.39, 0.29) is 24.5 Å². The lowest BCUT2D eigenvalue weighted by atomic mass is 10.0. The van der Waals surface area contributed by atoms with Gasteiger partial charge in [0, 0.05) is 32.7 Å². The van der Waals surface area contributed by atoms with E-state index in [0.29, 0.717) is 32.5 Å². The predicted octanol–water partition coefficient (Wildman–Crippen LogP) is 1.91. The van der Waals surface area contributed by atoms with Gasteiger partial charge in [0.15, 0.2) is 0 Å². The number of amides is 2. The van der Waals surface area contributed by atoms with Gasteiger partial charge in [-0.1, -0.05) is 18.2 Å². The maximum absolute atomic E-state index is 12.3. The molecule has 1 heterocycles. The molecule has 25 heavy (non-hydrogen) atoms. The van der Waals surface area contributed by atoms with Crippen molar-refractivity contribution < 1.29 is 19.1 Å². The van der Waals surface area contributed by atoms with Crippen molar-refractivity contribution in [2.45, 2.75) is 38.6 Å². The van der Waals surface area contributed by atoms with E-state index < -0.39 is 0 Å². The fraction of sp³-hybridized carbons (Fsp3) is 0.579. The molecule has 0 radical (unpaired) electrons. The predicted molar refractivity (Wildman–Crippen MR) is 95.5 cm³/mol. The summed E-state index contributed by atoms with van der Waals surface area (Å²) >= 11 is 0. The van der Waals surface area contributed by atoms with Crippen LogP contribution in [-0.4, -0.2) is 56.2 Å². The highest BCUT2D eigenvalue weighted by Crippen LogP contribution is 2.17. The molecule has 0 aromatic heterocycles. The van der Waals surface area contributed by atoms with E-state index in [1.54, 1.807) is 0 Å². The Morgan fingerprint density at radius 2 is 1.96 bits per heavy atom. The smallest absolute Gasteiger partial charge is 0.246 e. The zero-order chi connectivity index (χ0) is 18.1. The molecular weight excluding hydrogens is 320 g/mol. The molecule has 1 aliphatic heterocycles. The van der Waals surface area contributed by atoms with Crippen molar-refractivity contribution in [1.82, 2.24) is 10.2 Å². The molecule has 6 nitrogen and oxygen atoms in total. The molecule has 1 aromatic carbocycles. The van der Waals surface area contributed by atoms with Gasteiger partial charge in [-0.05, 0) is 37.8 Å². The number of methoxy groups -OCH3 is 1. The topological polar surface area (TPSA) is 67.9 Å². The summed E-state index contributed by atoms with van der Waals surface area (Å²) in [6.45, 7) is 4.01. The zero-order valence-corrected chi connectivity index (χ0v) is 15.1. The van der Waals surface area contributed by atoms with Crippen molar-refractivity contribution in [3.8, 4) is 5.75 Å². The number of likely N-dealkylation sites (tertiary alicyclic amines) is 1. The van der Waals surface area contributed by atoms with Crippen LogP contribution in [0.4, 0.5) is 0 Å². The van der Waals surface area contributed by atoms with Crippen LogP contribution in [0, 0.1) is 6.92 Å². The second-order valence-electron chi connectivity index (χ2n) is 6.37. The number of aryl methyl sites for hydroxylation is 1. The molecular formula is C19H28N2O4. The third-order valence-corrected chi connectivity index (χ3v) is 4.37. The fourth-order valence-electron chi connectivity index (χ4n) is 2.96. The molecule has 0 bridgehead atoms. The number of hydrogen-bond acceptors (Lipinski definition) is 4. The van der Waals surface area contributed by atoms with E-state index in [9.17, 15) is 9.59 Å². The van der Waals surface area contributed by atoms with Crippen molar-refractivity contribution >= 4 is 11.8 Å². The summed E-state index contributed by atoms with van der Waals surface area (Å²) in [6, 6.07) is 8.02. The van der Waals surface area contributed by atoms with Crippen LogP contribution in [0.3, 0.4) is 0 Å². The number of rotatable bonds is 8. The normalized spacial score (nSPS) is 15.0. The van der Waals surface area contributed by atoms with Crippen molar-refractivity contribution in [2.75, 3.05) is 33.4 Å². The van der Waals surface area contributed by atoms with Gasteiger partial charge in [-0.3, -0.25) is 9.59 Å². The highest BCUT2D eigenvalue weighted by molar-refractivity contribution is 5.78. The van der Waals surface area contributed by atoms with Gasteiger partial charge in [-0.2, -0.15) is 0 Å². The number of ether oxygens (including phenoxy) is 2. The summed E-state index contributed by atoms with van der Waals surface area (Å²) in [6.07, 6.45) is 2.78. The van der Waals surface area contributed by atoms with E-state index in [1.165, 1.54) is 7.11 Å². The highest BCUT2D eigenvalue weighted by atomic mass is 16.5. The van der Waals surface area contributed by atoms with Crippen LogP contribution in [0.15, 0.2) is 24.3 Å². The van der Waals surface area contributed by atoms with Crippen LogP contribution in [-0.2, 0) is 14.3 Å². The molecule has 0 aliphatic carbocycles. The van der Waals surface area contributed by atoms with E-state index >= 15 is 0 Å². The number of hydrogen-bond donors (Lipinski definition) is 1. The molecule has 1 saturated heterocycles. The number of benzene rings is 1. The van der Waals surface area contributed by atoms with Crippen LogP contribution in [0.2, 0.25) is 0 Å². The molecule has 0 spiro atoms. The van der Waals surface area contributed by atoms with Crippen LogP contribution >= 0.6 is 0 Å². The lowest BCUT2D eigenvalue weighted by molar-refractivity contribution is -0.132. The standard InChI is InChI=1S/C19H28N2O4/c1-15-6-3-4-7-17(15)25-13-5-8-19(23)21-11-9-16(10-12-21)20-18(22)14-24-2/h3-4,6-7,16H,5,8-14H2,1-2H3,(H,20,22). The first kappa shape index (κ1) is 19.2. The van der Waals surface area contributed by atoms with Crippen LogP contribution in [0.5, 0.6) is 5.75 Å². The maximum atomic E-state index is 12.3. The molecule has 0 saturated carbocycles. The van der Waals surface area contributed by atoms with Gasteiger partial charge in [0.2, 0.25) is 11.8 Å². The van der Waals surface area contributed by atoms with Gasteiger partial charge >= 0.3 is 0 Å². The van der Waals surface area contributed by atoms with Crippen LogP contribution in [0.25, 0.3) is 0 Å². The van der Waals surface area contributed by atoms with Gasteiger partial charge in [-0.25, -0.2) is 0 Å². The molecule has 1 aromatic rings. The summed E-state index contributed by atoms with van der Waals surface area (Å²) in [5.74, 6) is 0.943. The van der Waals surface area contributed by atoms with E-state index in [0.717, 1.165) is 24.2 Å². The van der Waals surface area contributed by atoms with Crippen molar-refractivity contribution in [3.63, 3.8) is 0 Å². The largest absolute Gasteiger partial charge is 0.493 e. The van der Waals surface area contributed by atoms with Gasteiger partial charge < -0.3 is 19.7 Å². The van der Waals surface area contributed by atoms with Gasteiger partial charge in [0.1, 0.15) is 12.4 Å². The van der Waals surface area contributed by atoms with Gasteiger partial charge in [0.05, 0.1) is 6.61 Å². The summed E-state index contributed by atoms with van der Waals surface area (Å²) in [4.78, 5) is 25.7. The Kier molecular flexibility index (Phi) is 7.73. The lowest BCUT2D eigenvalue weighted by Gasteiger charge is -2.32. The minimum absolute atomic E-state index is 0.0834. The third kappa shape index (κ3) is 6.38. The molecule has 2 rings (SSSR count). The monoisotopic (exact) mass is 348 g/mol. The zero-order valence-electron chi connectivity index (χ0n) is 15.1. The number of nitrogens with one attached hydrogen (secondary N) is 1. The summed E-state index contributed by atoms with van der Waals surface area (Å²) in [7, 11) is 1.50. The van der Waals surface area contributed by atoms with E-state index in [1.807, 2.05) is 36.1 Å². The SMILES string of the molecule is COCC(=O)NC1CCN(C(=O)CCCOc2ccccc2C)CC1. The summed E-state index contributed by atoms with van der Waals surface area (Å²) in [5.41, 5.74) is 1.10. The summed E-state index contributed by atoms with van der Waals surface area (Å²) < 4.78 is 10.5. The Balaban J connectivity index is 1.62. The van der Waals surface area contributed by atoms with Crippen molar-refractivity contribution in [3.05, 3.63) is 29.8 Å². The molecule has 1 fully saturated rings. The average molecular weight is 348 g/mol. The Hall–Kier alpha value is -2.08. The summed E-state index contributed by atoms with van der Waals surface area (Å²) in [5, 5.41) is 2.93. The number of piperidine rings is 1. The number of carbonyl (C=O) groups excluding carboxylic acids is 2. The minimum atomic E-state index is -0.0966. The molecule has 0 atom stereocenters. The molecule has 1 aliphatic rings. The average Bonchev–Trinajstić information content (AvgIpc) is 2.61. The Bertz CT molecular complexity index is 568. The number of carbonyl (C=O) groups is 2. The molecule has 6 heteroatoms. The second-order valence-corrected chi connectivity index (χ2v) is 6.37. The van der Waals surface area contributed by atoms with Gasteiger partial charge in [0.25, 0.3) is 0 Å².